The molecule has 1 rings (SSSR count). The van der Waals surface area contributed by atoms with Crippen molar-refractivity contribution in [2.24, 2.45) is 0 Å². The van der Waals surface area contributed by atoms with Gasteiger partial charge < -0.3 is 10.1 Å². The second-order valence-electron chi connectivity index (χ2n) is 5.09. The average Bonchev–Trinajstić information content (AvgIpc) is 2.39. The Morgan fingerprint density at radius 2 is 2.16 bits per heavy atom. The van der Waals surface area contributed by atoms with Gasteiger partial charge in [-0.3, -0.25) is 0 Å². The molecule has 0 bridgehead atoms. The van der Waals surface area contributed by atoms with Crippen LogP contribution in [0.1, 0.15) is 37.3 Å². The molecular formula is C16H26ClNO. The fourth-order valence-corrected chi connectivity index (χ4v) is 2.49. The minimum Gasteiger partial charge on any atom is -0.385 e. The Labute approximate surface area is 122 Å². The van der Waals surface area contributed by atoms with Gasteiger partial charge in [0.25, 0.3) is 0 Å². The smallest absolute Gasteiger partial charge is 0.0462 e. The third-order valence-electron chi connectivity index (χ3n) is 3.26. The Hall–Kier alpha value is -0.570. The van der Waals surface area contributed by atoms with E-state index in [1.807, 2.05) is 6.07 Å². The van der Waals surface area contributed by atoms with Crippen LogP contribution in [0, 0.1) is 6.92 Å². The molecule has 3 heteroatoms. The van der Waals surface area contributed by atoms with Gasteiger partial charge in [-0.2, -0.15) is 0 Å². The molecule has 1 unspecified atom stereocenters. The SMILES string of the molecule is CCCNC(CCCOC)Cc1ccc(C)cc1Cl. The molecule has 0 aliphatic heterocycles. The molecule has 19 heavy (non-hydrogen) atoms. The normalized spacial score (nSPS) is 12.6. The maximum atomic E-state index is 6.32. The Morgan fingerprint density at radius 1 is 1.37 bits per heavy atom. The zero-order chi connectivity index (χ0) is 14.1. The van der Waals surface area contributed by atoms with Crippen LogP contribution in [0.4, 0.5) is 0 Å². The molecule has 1 aromatic carbocycles. The summed E-state index contributed by atoms with van der Waals surface area (Å²) < 4.78 is 5.13. The van der Waals surface area contributed by atoms with Crippen molar-refractivity contribution in [2.75, 3.05) is 20.3 Å². The van der Waals surface area contributed by atoms with Gasteiger partial charge in [0.2, 0.25) is 0 Å². The molecule has 1 atom stereocenters. The van der Waals surface area contributed by atoms with E-state index in [2.05, 4.69) is 31.3 Å². The van der Waals surface area contributed by atoms with Crippen LogP contribution in [0.5, 0.6) is 0 Å². The second kappa shape index (κ2) is 9.35. The van der Waals surface area contributed by atoms with E-state index in [-0.39, 0.29) is 0 Å². The lowest BCUT2D eigenvalue weighted by Gasteiger charge is -2.19. The zero-order valence-electron chi connectivity index (χ0n) is 12.3. The van der Waals surface area contributed by atoms with Crippen molar-refractivity contribution in [3.63, 3.8) is 0 Å². The number of hydrogen-bond donors (Lipinski definition) is 1. The molecule has 0 fully saturated rings. The van der Waals surface area contributed by atoms with Crippen LogP contribution >= 0.6 is 11.6 Å². The number of nitrogens with one attached hydrogen (secondary N) is 1. The fourth-order valence-electron chi connectivity index (χ4n) is 2.18. The minimum atomic E-state index is 0.482. The number of halogens is 1. The van der Waals surface area contributed by atoms with E-state index in [4.69, 9.17) is 16.3 Å². The standard InChI is InChI=1S/C16H26ClNO/c1-4-9-18-15(6-5-10-19-3)12-14-8-7-13(2)11-16(14)17/h7-8,11,15,18H,4-6,9-10,12H2,1-3H3. The summed E-state index contributed by atoms with van der Waals surface area (Å²) in [5.41, 5.74) is 2.45. The molecule has 1 aromatic rings. The minimum absolute atomic E-state index is 0.482. The van der Waals surface area contributed by atoms with Gasteiger partial charge in [-0.15, -0.1) is 0 Å². The van der Waals surface area contributed by atoms with Crippen molar-refractivity contribution in [1.82, 2.24) is 5.32 Å². The number of ether oxygens (including phenoxy) is 1. The molecular weight excluding hydrogens is 258 g/mol. The van der Waals surface area contributed by atoms with Crippen molar-refractivity contribution in [3.05, 3.63) is 34.3 Å². The highest BCUT2D eigenvalue weighted by Gasteiger charge is 2.11. The lowest BCUT2D eigenvalue weighted by molar-refractivity contribution is 0.188. The fraction of sp³-hybridized carbons (Fsp3) is 0.625. The van der Waals surface area contributed by atoms with E-state index >= 15 is 0 Å². The first-order valence-electron chi connectivity index (χ1n) is 7.14. The average molecular weight is 284 g/mol. The van der Waals surface area contributed by atoms with Crippen molar-refractivity contribution >= 4 is 11.6 Å². The van der Waals surface area contributed by atoms with Gasteiger partial charge in [-0.05, 0) is 56.3 Å². The third-order valence-corrected chi connectivity index (χ3v) is 3.61. The predicted octanol–water partition coefficient (Wildman–Crippen LogP) is 3.99. The molecule has 2 nitrogen and oxygen atoms in total. The number of methoxy groups -OCH3 is 1. The molecule has 0 amide bonds. The molecule has 0 saturated heterocycles. The molecule has 0 saturated carbocycles. The van der Waals surface area contributed by atoms with Gasteiger partial charge in [-0.1, -0.05) is 30.7 Å². The summed E-state index contributed by atoms with van der Waals surface area (Å²) in [7, 11) is 1.76. The zero-order valence-corrected chi connectivity index (χ0v) is 13.1. The molecule has 0 aliphatic carbocycles. The first-order chi connectivity index (χ1) is 9.17. The number of rotatable bonds is 9. The summed E-state index contributed by atoms with van der Waals surface area (Å²) in [4.78, 5) is 0. The molecule has 1 N–H and O–H groups in total. The van der Waals surface area contributed by atoms with Gasteiger partial charge in [0.1, 0.15) is 0 Å². The van der Waals surface area contributed by atoms with Crippen molar-refractivity contribution < 1.29 is 4.74 Å². The molecule has 0 aromatic heterocycles. The van der Waals surface area contributed by atoms with Crippen LogP contribution < -0.4 is 5.32 Å². The van der Waals surface area contributed by atoms with E-state index in [0.29, 0.717) is 6.04 Å². The second-order valence-corrected chi connectivity index (χ2v) is 5.49. The Balaban J connectivity index is 2.58. The molecule has 108 valence electrons. The predicted molar refractivity (Wildman–Crippen MR) is 83.1 cm³/mol. The summed E-state index contributed by atoms with van der Waals surface area (Å²) in [6.45, 7) is 6.15. The molecule has 0 spiro atoms. The molecule has 0 aliphatic rings. The Morgan fingerprint density at radius 3 is 2.79 bits per heavy atom. The highest BCUT2D eigenvalue weighted by Crippen LogP contribution is 2.20. The summed E-state index contributed by atoms with van der Waals surface area (Å²) in [5.74, 6) is 0. The largest absolute Gasteiger partial charge is 0.385 e. The van der Waals surface area contributed by atoms with E-state index < -0.39 is 0 Å². The Bertz CT molecular complexity index is 368. The monoisotopic (exact) mass is 283 g/mol. The lowest BCUT2D eigenvalue weighted by atomic mass is 10.0. The summed E-state index contributed by atoms with van der Waals surface area (Å²) >= 11 is 6.32. The van der Waals surface area contributed by atoms with E-state index in [9.17, 15) is 0 Å². The van der Waals surface area contributed by atoms with E-state index in [1.165, 1.54) is 11.1 Å². The summed E-state index contributed by atoms with van der Waals surface area (Å²) in [6, 6.07) is 6.81. The quantitative estimate of drug-likeness (QED) is 0.692. The maximum absolute atomic E-state index is 6.32. The number of aryl methyl sites for hydroxylation is 1. The van der Waals surface area contributed by atoms with Crippen LogP contribution in [-0.2, 0) is 11.2 Å². The lowest BCUT2D eigenvalue weighted by Crippen LogP contribution is -2.32. The summed E-state index contributed by atoms with van der Waals surface area (Å²) in [6.07, 6.45) is 4.35. The first-order valence-corrected chi connectivity index (χ1v) is 7.52. The molecule has 0 radical (unpaired) electrons. The number of benzene rings is 1. The first kappa shape index (κ1) is 16.5. The highest BCUT2D eigenvalue weighted by atomic mass is 35.5. The van der Waals surface area contributed by atoms with Crippen molar-refractivity contribution in [3.8, 4) is 0 Å². The van der Waals surface area contributed by atoms with Gasteiger partial charge >= 0.3 is 0 Å². The van der Waals surface area contributed by atoms with E-state index in [1.54, 1.807) is 7.11 Å². The summed E-state index contributed by atoms with van der Waals surface area (Å²) in [5, 5.41) is 4.49. The van der Waals surface area contributed by atoms with Crippen LogP contribution in [0.15, 0.2) is 18.2 Å². The van der Waals surface area contributed by atoms with Gasteiger partial charge in [0.05, 0.1) is 0 Å². The van der Waals surface area contributed by atoms with Crippen LogP contribution in [0.3, 0.4) is 0 Å². The van der Waals surface area contributed by atoms with E-state index in [0.717, 1.165) is 43.9 Å². The molecule has 0 heterocycles. The van der Waals surface area contributed by atoms with Gasteiger partial charge in [-0.25, -0.2) is 0 Å². The van der Waals surface area contributed by atoms with Crippen molar-refractivity contribution in [2.45, 2.75) is 45.6 Å². The number of hydrogen-bond acceptors (Lipinski definition) is 2. The highest BCUT2D eigenvalue weighted by molar-refractivity contribution is 6.31. The topological polar surface area (TPSA) is 21.3 Å². The van der Waals surface area contributed by atoms with Crippen LogP contribution in [-0.4, -0.2) is 26.3 Å². The van der Waals surface area contributed by atoms with Crippen LogP contribution in [0.25, 0.3) is 0 Å². The van der Waals surface area contributed by atoms with Gasteiger partial charge in [0.15, 0.2) is 0 Å². The third kappa shape index (κ3) is 6.42. The van der Waals surface area contributed by atoms with Crippen LogP contribution in [0.2, 0.25) is 5.02 Å². The Kier molecular flexibility index (Phi) is 8.11. The van der Waals surface area contributed by atoms with Gasteiger partial charge in [0, 0.05) is 24.8 Å². The van der Waals surface area contributed by atoms with Crippen molar-refractivity contribution in [1.29, 1.82) is 0 Å². The maximum Gasteiger partial charge on any atom is 0.0462 e.